The van der Waals surface area contributed by atoms with Crippen LogP contribution in [0, 0.1) is 0 Å². The van der Waals surface area contributed by atoms with E-state index in [0.29, 0.717) is 11.4 Å². The Hall–Kier alpha value is -1.32. The molecule has 0 saturated carbocycles. The lowest BCUT2D eigenvalue weighted by molar-refractivity contribution is -0.139. The molecule has 0 radical (unpaired) electrons. The first-order valence-corrected chi connectivity index (χ1v) is 3.58. The van der Waals surface area contributed by atoms with Crippen molar-refractivity contribution < 1.29 is 9.53 Å². The second-order valence-electron chi connectivity index (χ2n) is 2.49. The molecule has 0 heterocycles. The zero-order valence-electron chi connectivity index (χ0n) is 7.63. The van der Waals surface area contributed by atoms with Crippen LogP contribution in [0.4, 0.5) is 0 Å². The third-order valence-corrected chi connectivity index (χ3v) is 1.12. The number of carbonyl (C=O) groups is 1. The maximum atomic E-state index is 10.7. The Morgan fingerprint density at radius 1 is 1.58 bits per heavy atom. The largest absolute Gasteiger partial charge is 0.469 e. The van der Waals surface area contributed by atoms with Crippen LogP contribution in [0.15, 0.2) is 16.9 Å². The van der Waals surface area contributed by atoms with Gasteiger partial charge in [-0.25, -0.2) is 0 Å². The van der Waals surface area contributed by atoms with Crippen LogP contribution in [0.3, 0.4) is 0 Å². The minimum atomic E-state index is -0.292. The van der Waals surface area contributed by atoms with E-state index in [9.17, 15) is 4.79 Å². The Bertz CT molecular complexity index is 215. The summed E-state index contributed by atoms with van der Waals surface area (Å²) in [6, 6.07) is 0. The molecule has 0 amide bonds. The molecule has 0 unspecified atom stereocenters. The normalized spacial score (nSPS) is 12.9. The van der Waals surface area contributed by atoms with Crippen LogP contribution in [0.5, 0.6) is 0 Å². The minimum absolute atomic E-state index is 0.209. The topological polar surface area (TPSA) is 64.7 Å². The Balaban J connectivity index is 4.03. The highest BCUT2D eigenvalue weighted by Crippen LogP contribution is 1.91. The SMILES string of the molecule is COC(=O)CC(C)=N/C=C(\C)N. The van der Waals surface area contributed by atoms with Gasteiger partial charge in [0.25, 0.3) is 0 Å². The van der Waals surface area contributed by atoms with Crippen LogP contribution in [0.1, 0.15) is 20.3 Å². The fourth-order valence-corrected chi connectivity index (χ4v) is 0.539. The second-order valence-corrected chi connectivity index (χ2v) is 2.49. The third-order valence-electron chi connectivity index (χ3n) is 1.12. The van der Waals surface area contributed by atoms with E-state index in [4.69, 9.17) is 5.73 Å². The summed E-state index contributed by atoms with van der Waals surface area (Å²) in [5, 5.41) is 0. The van der Waals surface area contributed by atoms with Gasteiger partial charge in [0.1, 0.15) is 0 Å². The van der Waals surface area contributed by atoms with Gasteiger partial charge in [-0.1, -0.05) is 0 Å². The number of hydrogen-bond donors (Lipinski definition) is 1. The van der Waals surface area contributed by atoms with Crippen molar-refractivity contribution >= 4 is 11.7 Å². The lowest BCUT2D eigenvalue weighted by atomic mass is 10.3. The molecule has 0 aromatic rings. The molecule has 0 aromatic heterocycles. The summed E-state index contributed by atoms with van der Waals surface area (Å²) in [6.07, 6.45) is 1.72. The zero-order valence-corrected chi connectivity index (χ0v) is 7.63. The molecule has 4 heteroatoms. The van der Waals surface area contributed by atoms with Crippen LogP contribution in [-0.4, -0.2) is 18.8 Å². The summed E-state index contributed by atoms with van der Waals surface area (Å²) in [5.74, 6) is -0.292. The second kappa shape index (κ2) is 5.35. The number of aliphatic imine (C=N–C) groups is 1. The van der Waals surface area contributed by atoms with E-state index in [2.05, 4.69) is 9.73 Å². The highest BCUT2D eigenvalue weighted by atomic mass is 16.5. The molecule has 0 saturated heterocycles. The maximum Gasteiger partial charge on any atom is 0.311 e. The van der Waals surface area contributed by atoms with Crippen molar-refractivity contribution in [2.75, 3.05) is 7.11 Å². The zero-order chi connectivity index (χ0) is 9.56. The lowest BCUT2D eigenvalue weighted by Gasteiger charge is -1.96. The van der Waals surface area contributed by atoms with E-state index in [1.165, 1.54) is 13.3 Å². The number of hydrogen-bond acceptors (Lipinski definition) is 4. The van der Waals surface area contributed by atoms with Gasteiger partial charge in [0.05, 0.1) is 13.5 Å². The van der Waals surface area contributed by atoms with Crippen molar-refractivity contribution in [2.45, 2.75) is 20.3 Å². The molecule has 2 N–H and O–H groups in total. The van der Waals surface area contributed by atoms with Crippen LogP contribution in [0.25, 0.3) is 0 Å². The third kappa shape index (κ3) is 5.46. The molecule has 4 nitrogen and oxygen atoms in total. The monoisotopic (exact) mass is 170 g/mol. The Morgan fingerprint density at radius 2 is 2.17 bits per heavy atom. The Morgan fingerprint density at radius 3 is 2.58 bits per heavy atom. The highest BCUT2D eigenvalue weighted by Gasteiger charge is 2.00. The number of carbonyl (C=O) groups excluding carboxylic acids is 1. The van der Waals surface area contributed by atoms with Gasteiger partial charge in [-0.05, 0) is 13.8 Å². The molecule has 12 heavy (non-hydrogen) atoms. The van der Waals surface area contributed by atoms with Crippen molar-refractivity contribution in [1.29, 1.82) is 0 Å². The number of nitrogens with zero attached hydrogens (tertiary/aromatic N) is 1. The molecular weight excluding hydrogens is 156 g/mol. The molecule has 0 fully saturated rings. The fourth-order valence-electron chi connectivity index (χ4n) is 0.539. The van der Waals surface area contributed by atoms with Crippen molar-refractivity contribution in [3.8, 4) is 0 Å². The predicted molar refractivity (Wildman–Crippen MR) is 47.7 cm³/mol. The molecular formula is C8H14N2O2. The Kier molecular flexibility index (Phi) is 4.76. The molecule has 0 atom stereocenters. The van der Waals surface area contributed by atoms with Gasteiger partial charge < -0.3 is 10.5 Å². The first-order chi connectivity index (χ1) is 5.56. The van der Waals surface area contributed by atoms with E-state index in [0.717, 1.165) is 0 Å². The van der Waals surface area contributed by atoms with E-state index in [1.54, 1.807) is 13.8 Å². The van der Waals surface area contributed by atoms with Crippen LogP contribution >= 0.6 is 0 Å². The van der Waals surface area contributed by atoms with Gasteiger partial charge >= 0.3 is 5.97 Å². The standard InChI is InChI=1S/C8H14N2O2/c1-6(9)5-10-7(2)4-8(11)12-3/h5H,4,9H2,1-3H3/b6-5+,10-7?. The van der Waals surface area contributed by atoms with Crippen LogP contribution < -0.4 is 5.73 Å². The summed E-state index contributed by atoms with van der Waals surface area (Å²) in [7, 11) is 1.35. The van der Waals surface area contributed by atoms with Crippen molar-refractivity contribution in [3.05, 3.63) is 11.9 Å². The number of ether oxygens (including phenoxy) is 1. The first-order valence-electron chi connectivity index (χ1n) is 3.58. The quantitative estimate of drug-likeness (QED) is 0.504. The number of nitrogens with two attached hydrogens (primary N) is 1. The summed E-state index contributed by atoms with van der Waals surface area (Å²) in [4.78, 5) is 14.7. The number of methoxy groups -OCH3 is 1. The summed E-state index contributed by atoms with van der Waals surface area (Å²) < 4.78 is 4.46. The molecule has 0 aliphatic carbocycles. The molecule has 0 bridgehead atoms. The predicted octanol–water partition coefficient (Wildman–Crippen LogP) is 0.830. The molecule has 0 rings (SSSR count). The maximum absolute atomic E-state index is 10.7. The molecule has 68 valence electrons. The molecule has 0 spiro atoms. The van der Waals surface area contributed by atoms with Gasteiger partial charge in [0.15, 0.2) is 0 Å². The number of rotatable bonds is 3. The Labute approximate surface area is 72.1 Å². The molecule has 0 aliphatic heterocycles. The fraction of sp³-hybridized carbons (Fsp3) is 0.500. The van der Waals surface area contributed by atoms with Crippen molar-refractivity contribution in [2.24, 2.45) is 10.7 Å². The van der Waals surface area contributed by atoms with Gasteiger partial charge in [-0.15, -0.1) is 0 Å². The van der Waals surface area contributed by atoms with Gasteiger partial charge in [-0.3, -0.25) is 9.79 Å². The number of allylic oxidation sites excluding steroid dienone is 1. The van der Waals surface area contributed by atoms with Crippen LogP contribution in [-0.2, 0) is 9.53 Å². The lowest BCUT2D eigenvalue weighted by Crippen LogP contribution is -2.06. The summed E-state index contributed by atoms with van der Waals surface area (Å²) in [5.41, 5.74) is 6.64. The summed E-state index contributed by atoms with van der Waals surface area (Å²) >= 11 is 0. The van der Waals surface area contributed by atoms with Gasteiger partial charge in [0, 0.05) is 17.6 Å². The van der Waals surface area contributed by atoms with Crippen molar-refractivity contribution in [1.82, 2.24) is 0 Å². The van der Waals surface area contributed by atoms with E-state index in [1.807, 2.05) is 0 Å². The molecule has 0 aromatic carbocycles. The van der Waals surface area contributed by atoms with Gasteiger partial charge in [-0.2, -0.15) is 0 Å². The average Bonchev–Trinajstić information content (AvgIpc) is 2.00. The summed E-state index contributed by atoms with van der Waals surface area (Å²) in [6.45, 7) is 3.48. The van der Waals surface area contributed by atoms with Crippen molar-refractivity contribution in [3.63, 3.8) is 0 Å². The number of esters is 1. The van der Waals surface area contributed by atoms with Gasteiger partial charge in [0.2, 0.25) is 0 Å². The highest BCUT2D eigenvalue weighted by molar-refractivity contribution is 5.97. The minimum Gasteiger partial charge on any atom is -0.469 e. The molecule has 0 aliphatic rings. The smallest absolute Gasteiger partial charge is 0.311 e. The van der Waals surface area contributed by atoms with E-state index < -0.39 is 0 Å². The first kappa shape index (κ1) is 10.7. The average molecular weight is 170 g/mol. The van der Waals surface area contributed by atoms with E-state index in [-0.39, 0.29) is 12.4 Å². The van der Waals surface area contributed by atoms with Crippen LogP contribution in [0.2, 0.25) is 0 Å². The van der Waals surface area contributed by atoms with E-state index >= 15 is 0 Å².